The van der Waals surface area contributed by atoms with Crippen molar-refractivity contribution in [2.75, 3.05) is 63.7 Å². The number of hydrogen-bond acceptors (Lipinski definition) is 9. The standard InChI is InChI=1S/C27H31FN8O3/c1-16-10-17(26(37)29-2)11-19(23(16)28)20-12-31-36-14-21(24(33-25(20)36)32-18-4-9-38-15-18)22-13-30-27(39-22)35-7-5-34(3)6-8-35/h10-14,18H,4-9,15H2,1-3H3,(H,29,37)(H,32,33). The summed E-state index contributed by atoms with van der Waals surface area (Å²) in [6.07, 6.45) is 5.91. The second-order valence-electron chi connectivity index (χ2n) is 10.1. The molecule has 0 bridgehead atoms. The van der Waals surface area contributed by atoms with E-state index < -0.39 is 5.82 Å². The molecule has 12 heteroatoms. The molecule has 0 saturated carbocycles. The number of piperazine rings is 1. The van der Waals surface area contributed by atoms with Crippen LogP contribution in [0.15, 0.2) is 35.1 Å². The van der Waals surface area contributed by atoms with Gasteiger partial charge in [0, 0.05) is 62.7 Å². The zero-order chi connectivity index (χ0) is 27.1. The van der Waals surface area contributed by atoms with Crippen molar-refractivity contribution in [1.29, 1.82) is 0 Å². The number of amides is 1. The highest BCUT2D eigenvalue weighted by atomic mass is 19.1. The third-order valence-electron chi connectivity index (χ3n) is 7.33. The van der Waals surface area contributed by atoms with Gasteiger partial charge in [0.05, 0.1) is 30.6 Å². The summed E-state index contributed by atoms with van der Waals surface area (Å²) >= 11 is 0. The van der Waals surface area contributed by atoms with Crippen LogP contribution in [-0.2, 0) is 4.74 Å². The van der Waals surface area contributed by atoms with Crippen molar-refractivity contribution in [2.45, 2.75) is 19.4 Å². The van der Waals surface area contributed by atoms with E-state index in [1.807, 2.05) is 6.20 Å². The molecular weight excluding hydrogens is 503 g/mol. The molecule has 0 radical (unpaired) electrons. The van der Waals surface area contributed by atoms with Gasteiger partial charge >= 0.3 is 0 Å². The van der Waals surface area contributed by atoms with Gasteiger partial charge in [0.15, 0.2) is 11.4 Å². The Labute approximate surface area is 225 Å². The minimum absolute atomic E-state index is 0.0700. The Morgan fingerprint density at radius 1 is 1.13 bits per heavy atom. The number of aromatic nitrogens is 4. The molecule has 1 atom stereocenters. The zero-order valence-corrected chi connectivity index (χ0v) is 22.2. The van der Waals surface area contributed by atoms with Gasteiger partial charge in [-0.15, -0.1) is 0 Å². The lowest BCUT2D eigenvalue weighted by Crippen LogP contribution is -2.44. The molecule has 39 heavy (non-hydrogen) atoms. The average molecular weight is 535 g/mol. The highest BCUT2D eigenvalue weighted by Gasteiger charge is 2.25. The molecule has 6 rings (SSSR count). The SMILES string of the molecule is CNC(=O)c1cc(C)c(F)c(-c2cnn3cc(-c4cnc(N5CCN(C)CC5)o4)c(NC4CCOC4)nc23)c1. The summed E-state index contributed by atoms with van der Waals surface area (Å²) in [6.45, 7) is 6.40. The number of nitrogens with zero attached hydrogens (tertiary/aromatic N) is 6. The van der Waals surface area contributed by atoms with Crippen LogP contribution in [0.1, 0.15) is 22.3 Å². The van der Waals surface area contributed by atoms with Crippen LogP contribution in [0, 0.1) is 12.7 Å². The lowest BCUT2D eigenvalue weighted by atomic mass is 10.0. The molecule has 5 heterocycles. The van der Waals surface area contributed by atoms with Gasteiger partial charge in [-0.1, -0.05) is 0 Å². The number of hydrogen-bond donors (Lipinski definition) is 2. The molecular formula is C27H31FN8O3. The van der Waals surface area contributed by atoms with Gasteiger partial charge in [0.1, 0.15) is 11.6 Å². The molecule has 11 nitrogen and oxygen atoms in total. The van der Waals surface area contributed by atoms with Crippen LogP contribution in [0.25, 0.3) is 28.1 Å². The smallest absolute Gasteiger partial charge is 0.297 e. The van der Waals surface area contributed by atoms with Gasteiger partial charge in [-0.05, 0) is 38.1 Å². The largest absolute Gasteiger partial charge is 0.423 e. The number of likely N-dealkylation sites (N-methyl/N-ethyl adjacent to an activating group) is 1. The van der Waals surface area contributed by atoms with Crippen LogP contribution in [0.3, 0.4) is 0 Å². The summed E-state index contributed by atoms with van der Waals surface area (Å²) in [4.78, 5) is 26.2. The first kappa shape index (κ1) is 25.3. The number of halogens is 1. The van der Waals surface area contributed by atoms with Crippen LogP contribution in [0.4, 0.5) is 16.2 Å². The van der Waals surface area contributed by atoms with E-state index in [0.29, 0.717) is 58.7 Å². The van der Waals surface area contributed by atoms with Gasteiger partial charge in [0.25, 0.3) is 11.9 Å². The first-order chi connectivity index (χ1) is 18.9. The molecule has 4 aromatic rings. The van der Waals surface area contributed by atoms with E-state index in [1.54, 1.807) is 30.9 Å². The molecule has 0 spiro atoms. The molecule has 204 valence electrons. The van der Waals surface area contributed by atoms with Crippen molar-refractivity contribution in [3.05, 3.63) is 47.7 Å². The highest BCUT2D eigenvalue weighted by Crippen LogP contribution is 2.35. The van der Waals surface area contributed by atoms with Crippen LogP contribution in [0.5, 0.6) is 0 Å². The summed E-state index contributed by atoms with van der Waals surface area (Å²) < 4.78 is 28.7. The van der Waals surface area contributed by atoms with E-state index in [0.717, 1.165) is 32.6 Å². The Morgan fingerprint density at radius 2 is 1.95 bits per heavy atom. The van der Waals surface area contributed by atoms with Crippen molar-refractivity contribution in [3.8, 4) is 22.5 Å². The van der Waals surface area contributed by atoms with Gasteiger partial charge in [0.2, 0.25) is 0 Å². The topological polar surface area (TPSA) is 113 Å². The summed E-state index contributed by atoms with van der Waals surface area (Å²) in [5.41, 5.74) is 2.60. The molecule has 2 fully saturated rings. The number of nitrogens with one attached hydrogen (secondary N) is 2. The van der Waals surface area contributed by atoms with Crippen molar-refractivity contribution in [1.82, 2.24) is 29.8 Å². The number of carbonyl (C=O) groups is 1. The molecule has 2 saturated heterocycles. The summed E-state index contributed by atoms with van der Waals surface area (Å²) in [5.74, 6) is 0.408. The first-order valence-corrected chi connectivity index (χ1v) is 13.1. The van der Waals surface area contributed by atoms with Crippen LogP contribution in [-0.4, -0.2) is 89.9 Å². The Balaban J connectivity index is 1.44. The van der Waals surface area contributed by atoms with Crippen molar-refractivity contribution >= 4 is 23.4 Å². The second kappa shape index (κ2) is 10.3. The maximum absolute atomic E-state index is 15.4. The maximum atomic E-state index is 15.4. The molecule has 2 aliphatic rings. The fourth-order valence-corrected chi connectivity index (χ4v) is 5.01. The van der Waals surface area contributed by atoms with Crippen LogP contribution in [0.2, 0.25) is 0 Å². The predicted octanol–water partition coefficient (Wildman–Crippen LogP) is 2.81. The molecule has 3 aromatic heterocycles. The highest BCUT2D eigenvalue weighted by molar-refractivity contribution is 5.96. The molecule has 0 aliphatic carbocycles. The normalized spacial score (nSPS) is 18.2. The van der Waals surface area contributed by atoms with E-state index >= 15 is 4.39 Å². The van der Waals surface area contributed by atoms with Gasteiger partial charge in [-0.25, -0.2) is 18.9 Å². The van der Waals surface area contributed by atoms with Crippen LogP contribution >= 0.6 is 0 Å². The Hall–Kier alpha value is -4.03. The summed E-state index contributed by atoms with van der Waals surface area (Å²) in [7, 11) is 3.65. The molecule has 2 N–H and O–H groups in total. The van der Waals surface area contributed by atoms with E-state index in [4.69, 9.17) is 14.1 Å². The van der Waals surface area contributed by atoms with E-state index in [2.05, 4.69) is 37.6 Å². The third-order valence-corrected chi connectivity index (χ3v) is 7.33. The third kappa shape index (κ3) is 4.81. The van der Waals surface area contributed by atoms with Crippen molar-refractivity contribution in [3.63, 3.8) is 0 Å². The van der Waals surface area contributed by atoms with E-state index in [1.165, 1.54) is 12.1 Å². The zero-order valence-electron chi connectivity index (χ0n) is 22.2. The summed E-state index contributed by atoms with van der Waals surface area (Å²) in [6, 6.07) is 3.70. The quantitative estimate of drug-likeness (QED) is 0.386. The number of carbonyl (C=O) groups excluding carboxylic acids is 1. The van der Waals surface area contributed by atoms with E-state index in [9.17, 15) is 4.79 Å². The predicted molar refractivity (Wildman–Crippen MR) is 145 cm³/mol. The van der Waals surface area contributed by atoms with Gasteiger partial charge in [-0.2, -0.15) is 5.10 Å². The number of anilines is 2. The number of benzene rings is 1. The fraction of sp³-hybridized carbons (Fsp3) is 0.407. The molecule has 1 amide bonds. The number of rotatable bonds is 6. The summed E-state index contributed by atoms with van der Waals surface area (Å²) in [5, 5.41) is 10.6. The van der Waals surface area contributed by atoms with Crippen molar-refractivity contribution < 1.29 is 18.3 Å². The molecule has 1 aromatic carbocycles. The van der Waals surface area contributed by atoms with Crippen LogP contribution < -0.4 is 15.5 Å². The average Bonchev–Trinajstić information content (AvgIpc) is 3.71. The minimum Gasteiger partial charge on any atom is -0.423 e. The molecule has 2 aliphatic heterocycles. The van der Waals surface area contributed by atoms with Gasteiger partial charge in [-0.3, -0.25) is 4.79 Å². The Bertz CT molecular complexity index is 1520. The number of aryl methyl sites for hydroxylation is 1. The van der Waals surface area contributed by atoms with Crippen molar-refractivity contribution in [2.24, 2.45) is 0 Å². The lowest BCUT2D eigenvalue weighted by Gasteiger charge is -2.31. The Kier molecular flexibility index (Phi) is 6.65. The number of oxazole rings is 1. The van der Waals surface area contributed by atoms with Gasteiger partial charge < -0.3 is 29.6 Å². The maximum Gasteiger partial charge on any atom is 0.297 e. The Morgan fingerprint density at radius 3 is 2.69 bits per heavy atom. The number of ether oxygens (including phenoxy) is 1. The first-order valence-electron chi connectivity index (χ1n) is 13.1. The minimum atomic E-state index is -0.422. The van der Waals surface area contributed by atoms with E-state index in [-0.39, 0.29) is 17.5 Å². The lowest BCUT2D eigenvalue weighted by molar-refractivity contribution is 0.0963. The monoisotopic (exact) mass is 534 g/mol. The second-order valence-corrected chi connectivity index (χ2v) is 10.1. The molecule has 1 unspecified atom stereocenters. The fourth-order valence-electron chi connectivity index (χ4n) is 5.01. The number of fused-ring (bicyclic) bond motifs is 1.